The highest BCUT2D eigenvalue weighted by molar-refractivity contribution is 6.38. The Kier molecular flexibility index (Phi) is 4.39. The van der Waals surface area contributed by atoms with E-state index < -0.39 is 10.8 Å². The zero-order valence-corrected chi connectivity index (χ0v) is 13.7. The van der Waals surface area contributed by atoms with Gasteiger partial charge in [0.2, 0.25) is 5.88 Å². The van der Waals surface area contributed by atoms with Crippen molar-refractivity contribution in [3.8, 4) is 5.88 Å². The maximum absolute atomic E-state index is 12.0. The highest BCUT2D eigenvalue weighted by Crippen LogP contribution is 2.40. The van der Waals surface area contributed by atoms with Crippen molar-refractivity contribution in [1.82, 2.24) is 4.98 Å². The number of rotatable bonds is 3. The SMILES string of the molecule is O=C(N=Nc1c(O)[nH]c2c(Cl)cc(Cl)cc12)c1ccc([N+](=O)[O-])cc1. The third-order valence-corrected chi connectivity index (χ3v) is 3.86. The van der Waals surface area contributed by atoms with Gasteiger partial charge in [-0.3, -0.25) is 14.9 Å². The Morgan fingerprint density at radius 1 is 1.20 bits per heavy atom. The largest absolute Gasteiger partial charge is 0.493 e. The molecule has 0 radical (unpaired) electrons. The van der Waals surface area contributed by atoms with E-state index in [0.717, 1.165) is 0 Å². The van der Waals surface area contributed by atoms with Crippen molar-refractivity contribution >= 4 is 51.4 Å². The minimum absolute atomic E-state index is 0.00895. The van der Waals surface area contributed by atoms with Gasteiger partial charge in [0.1, 0.15) is 0 Å². The van der Waals surface area contributed by atoms with Gasteiger partial charge in [-0.05, 0) is 24.3 Å². The second-order valence-corrected chi connectivity index (χ2v) is 5.79. The Hall–Kier alpha value is -2.97. The van der Waals surface area contributed by atoms with Crippen molar-refractivity contribution in [1.29, 1.82) is 0 Å². The van der Waals surface area contributed by atoms with Crippen LogP contribution in [0.1, 0.15) is 10.4 Å². The molecule has 2 N–H and O–H groups in total. The van der Waals surface area contributed by atoms with Crippen LogP contribution in [0.25, 0.3) is 10.9 Å². The van der Waals surface area contributed by atoms with E-state index in [1.807, 2.05) is 0 Å². The number of amides is 1. The molecular weight excluding hydrogens is 371 g/mol. The number of non-ortho nitro benzene ring substituents is 1. The average molecular weight is 379 g/mol. The van der Waals surface area contributed by atoms with Gasteiger partial charge < -0.3 is 10.1 Å². The number of aromatic nitrogens is 1. The van der Waals surface area contributed by atoms with Crippen LogP contribution in [-0.4, -0.2) is 20.9 Å². The summed E-state index contributed by atoms with van der Waals surface area (Å²) in [5.74, 6) is -1.05. The number of carbonyl (C=O) groups is 1. The number of benzene rings is 2. The van der Waals surface area contributed by atoms with Crippen LogP contribution < -0.4 is 0 Å². The number of azo groups is 1. The van der Waals surface area contributed by atoms with Gasteiger partial charge in [0.15, 0.2) is 5.69 Å². The molecule has 0 spiro atoms. The number of fused-ring (bicyclic) bond motifs is 1. The molecule has 1 aromatic heterocycles. The molecule has 2 aromatic carbocycles. The summed E-state index contributed by atoms with van der Waals surface area (Å²) in [5, 5.41) is 28.8. The first kappa shape index (κ1) is 16.9. The predicted molar refractivity (Wildman–Crippen MR) is 91.9 cm³/mol. The first-order valence-corrected chi connectivity index (χ1v) is 7.52. The fraction of sp³-hybridized carbons (Fsp3) is 0. The summed E-state index contributed by atoms with van der Waals surface area (Å²) < 4.78 is 0. The number of nitrogens with zero attached hydrogens (tertiary/aromatic N) is 3. The van der Waals surface area contributed by atoms with Crippen LogP contribution in [0.5, 0.6) is 5.88 Å². The zero-order valence-electron chi connectivity index (χ0n) is 12.2. The highest BCUT2D eigenvalue weighted by Gasteiger charge is 2.15. The summed E-state index contributed by atoms with van der Waals surface area (Å²) in [6.07, 6.45) is 0. The number of H-pyrrole nitrogens is 1. The van der Waals surface area contributed by atoms with Crippen LogP contribution >= 0.6 is 23.2 Å². The number of aromatic hydroxyl groups is 1. The fourth-order valence-corrected chi connectivity index (χ4v) is 2.71. The lowest BCUT2D eigenvalue weighted by atomic mass is 10.2. The van der Waals surface area contributed by atoms with Crippen LogP contribution in [0, 0.1) is 10.1 Å². The molecule has 126 valence electrons. The lowest BCUT2D eigenvalue weighted by molar-refractivity contribution is -0.384. The molecule has 0 bridgehead atoms. The van der Waals surface area contributed by atoms with E-state index in [1.165, 1.54) is 36.4 Å². The van der Waals surface area contributed by atoms with Gasteiger partial charge in [0.25, 0.3) is 11.6 Å². The van der Waals surface area contributed by atoms with E-state index in [4.69, 9.17) is 23.2 Å². The molecule has 0 aliphatic heterocycles. The number of hydrogen-bond acceptors (Lipinski definition) is 5. The normalized spacial score (nSPS) is 11.3. The Morgan fingerprint density at radius 3 is 2.52 bits per heavy atom. The number of hydrogen-bond donors (Lipinski definition) is 2. The summed E-state index contributed by atoms with van der Waals surface area (Å²) in [5.41, 5.74) is 0.381. The third-order valence-electron chi connectivity index (χ3n) is 3.34. The lowest BCUT2D eigenvalue weighted by Gasteiger charge is -1.96. The maximum atomic E-state index is 12.0. The Bertz CT molecular complexity index is 1030. The molecule has 0 atom stereocenters. The second kappa shape index (κ2) is 6.50. The van der Waals surface area contributed by atoms with Gasteiger partial charge in [0.05, 0.1) is 15.5 Å². The molecule has 0 saturated heterocycles. The van der Waals surface area contributed by atoms with Crippen molar-refractivity contribution < 1.29 is 14.8 Å². The third kappa shape index (κ3) is 3.30. The van der Waals surface area contributed by atoms with E-state index >= 15 is 0 Å². The Balaban J connectivity index is 1.94. The number of nitro benzene ring substituents is 1. The fourth-order valence-electron chi connectivity index (χ4n) is 2.17. The van der Waals surface area contributed by atoms with Gasteiger partial charge in [-0.1, -0.05) is 23.2 Å². The molecule has 0 saturated carbocycles. The molecule has 8 nitrogen and oxygen atoms in total. The smallest absolute Gasteiger partial charge is 0.295 e. The van der Waals surface area contributed by atoms with Crippen molar-refractivity contribution in [2.24, 2.45) is 10.2 Å². The highest BCUT2D eigenvalue weighted by atomic mass is 35.5. The van der Waals surface area contributed by atoms with E-state index in [2.05, 4.69) is 15.2 Å². The predicted octanol–water partition coefficient (Wildman–Crippen LogP) is 5.01. The topological polar surface area (TPSA) is 121 Å². The van der Waals surface area contributed by atoms with Crippen molar-refractivity contribution in [3.05, 3.63) is 62.1 Å². The van der Waals surface area contributed by atoms with Crippen molar-refractivity contribution in [2.75, 3.05) is 0 Å². The minimum Gasteiger partial charge on any atom is -0.493 e. The molecule has 0 aliphatic carbocycles. The molecule has 0 fully saturated rings. The molecule has 1 heterocycles. The zero-order chi connectivity index (χ0) is 18.1. The molecule has 25 heavy (non-hydrogen) atoms. The molecule has 3 rings (SSSR count). The summed E-state index contributed by atoms with van der Waals surface area (Å²) >= 11 is 12.0. The Morgan fingerprint density at radius 2 is 1.88 bits per heavy atom. The van der Waals surface area contributed by atoms with Gasteiger partial charge >= 0.3 is 0 Å². The summed E-state index contributed by atoms with van der Waals surface area (Å²) in [6, 6.07) is 7.91. The van der Waals surface area contributed by atoms with Crippen LogP contribution in [0.4, 0.5) is 11.4 Å². The van der Waals surface area contributed by atoms with Crippen molar-refractivity contribution in [3.63, 3.8) is 0 Å². The molecular formula is C15H8Cl2N4O4. The maximum Gasteiger partial charge on any atom is 0.295 e. The number of carbonyl (C=O) groups excluding carboxylic acids is 1. The first-order valence-electron chi connectivity index (χ1n) is 6.77. The number of nitrogens with one attached hydrogen (secondary N) is 1. The van der Waals surface area contributed by atoms with Gasteiger partial charge in [0, 0.05) is 28.1 Å². The van der Waals surface area contributed by atoms with Crippen LogP contribution in [0.3, 0.4) is 0 Å². The van der Waals surface area contributed by atoms with E-state index in [0.29, 0.717) is 15.9 Å². The number of halogens is 2. The monoisotopic (exact) mass is 378 g/mol. The molecule has 0 aliphatic rings. The molecule has 1 amide bonds. The van der Waals surface area contributed by atoms with Crippen LogP contribution in [-0.2, 0) is 0 Å². The summed E-state index contributed by atoms with van der Waals surface area (Å²) in [7, 11) is 0. The average Bonchev–Trinajstić information content (AvgIpc) is 2.88. The van der Waals surface area contributed by atoms with Crippen LogP contribution in [0.15, 0.2) is 46.6 Å². The van der Waals surface area contributed by atoms with E-state index in [9.17, 15) is 20.0 Å². The minimum atomic E-state index is -0.725. The van der Waals surface area contributed by atoms with Gasteiger partial charge in [-0.25, -0.2) is 0 Å². The quantitative estimate of drug-likeness (QED) is 0.377. The Labute approximate surface area is 149 Å². The van der Waals surface area contributed by atoms with E-state index in [1.54, 1.807) is 0 Å². The van der Waals surface area contributed by atoms with Gasteiger partial charge in [-0.2, -0.15) is 0 Å². The van der Waals surface area contributed by atoms with Crippen LogP contribution in [0.2, 0.25) is 10.0 Å². The van der Waals surface area contributed by atoms with Gasteiger partial charge in [-0.15, -0.1) is 10.2 Å². The number of nitro groups is 1. The molecule has 3 aromatic rings. The first-order chi connectivity index (χ1) is 11.9. The lowest BCUT2D eigenvalue weighted by Crippen LogP contribution is -1.94. The number of aromatic amines is 1. The standard InChI is InChI=1S/C15H8Cl2N4O4/c16-8-5-10-12(11(17)6-8)18-15(23)13(10)19-20-14(22)7-1-3-9(4-2-7)21(24)25/h1-6,18,23H. The second-order valence-electron chi connectivity index (χ2n) is 4.94. The van der Waals surface area contributed by atoms with Crippen molar-refractivity contribution in [2.45, 2.75) is 0 Å². The summed E-state index contributed by atoms with van der Waals surface area (Å²) in [6.45, 7) is 0. The molecule has 0 unspecified atom stereocenters. The summed E-state index contributed by atoms with van der Waals surface area (Å²) in [4.78, 5) is 24.7. The van der Waals surface area contributed by atoms with E-state index in [-0.39, 0.29) is 27.8 Å². The molecule has 10 heteroatoms.